The van der Waals surface area contributed by atoms with Gasteiger partial charge in [-0.1, -0.05) is 250 Å². The van der Waals surface area contributed by atoms with E-state index in [0.29, 0.717) is 19.3 Å². The van der Waals surface area contributed by atoms with Gasteiger partial charge in [-0.05, 0) is 44.9 Å². The molecule has 11 nitrogen and oxygen atoms in total. The molecule has 0 bridgehead atoms. The number of amides is 1. The number of allylic oxidation sites excluding steroid dienone is 4. The standard InChI is InChI=1S/C58H111NO10/c1-3-5-7-9-11-13-15-16-17-18-19-20-21-22-23-24-25-26-27-28-29-30-31-32-33-34-35-36-38-40-42-44-46-51(62)57(67)59-49(48-68-58-56(66)55(65)54(64)52(47-60)69-58)53(63)50(61)45-43-41-39-37-14-12-10-8-6-4-2/h8,10,37,39,49-56,58,60-66H,3-7,9,11-36,38,40-48H2,1-2H3,(H,59,67)/b10-8+,39-37+. The van der Waals surface area contributed by atoms with E-state index in [1.807, 2.05) is 0 Å². The van der Waals surface area contributed by atoms with Crippen molar-refractivity contribution in [2.75, 3.05) is 13.2 Å². The van der Waals surface area contributed by atoms with E-state index in [1.54, 1.807) is 0 Å². The first kappa shape index (κ1) is 65.6. The monoisotopic (exact) mass is 982 g/mol. The molecular weight excluding hydrogens is 871 g/mol. The van der Waals surface area contributed by atoms with Crippen molar-refractivity contribution in [2.24, 2.45) is 0 Å². The predicted octanol–water partition coefficient (Wildman–Crippen LogP) is 12.1. The number of unbranched alkanes of at least 4 members (excludes halogenated alkanes) is 34. The lowest BCUT2D eigenvalue weighted by atomic mass is 9.98. The molecule has 1 amide bonds. The normalized spacial score (nSPS) is 20.5. The molecule has 69 heavy (non-hydrogen) atoms. The zero-order chi connectivity index (χ0) is 50.4. The first-order valence-corrected chi connectivity index (χ1v) is 29.2. The van der Waals surface area contributed by atoms with Crippen molar-refractivity contribution in [3.8, 4) is 0 Å². The Kier molecular flexibility index (Phi) is 45.2. The summed E-state index contributed by atoms with van der Waals surface area (Å²) in [5, 5.41) is 75.7. The Balaban J connectivity index is 2.15. The van der Waals surface area contributed by atoms with Crippen LogP contribution in [0.3, 0.4) is 0 Å². The second kappa shape index (κ2) is 47.6. The third kappa shape index (κ3) is 36.2. The van der Waals surface area contributed by atoms with E-state index < -0.39 is 74.2 Å². The summed E-state index contributed by atoms with van der Waals surface area (Å²) in [6.07, 6.45) is 45.7. The molecule has 8 N–H and O–H groups in total. The van der Waals surface area contributed by atoms with Gasteiger partial charge in [-0.3, -0.25) is 4.79 Å². The molecule has 1 saturated heterocycles. The Labute approximate surface area is 423 Å². The quantitative estimate of drug-likeness (QED) is 0.0215. The van der Waals surface area contributed by atoms with Gasteiger partial charge < -0.3 is 50.5 Å². The minimum Gasteiger partial charge on any atom is -0.394 e. The van der Waals surface area contributed by atoms with Crippen LogP contribution in [-0.4, -0.2) is 110 Å². The maximum atomic E-state index is 13.1. The van der Waals surface area contributed by atoms with Crippen LogP contribution in [0, 0.1) is 0 Å². The van der Waals surface area contributed by atoms with Crippen molar-refractivity contribution in [3.63, 3.8) is 0 Å². The third-order valence-electron chi connectivity index (χ3n) is 14.2. The molecule has 1 heterocycles. The molecule has 0 aromatic rings. The van der Waals surface area contributed by atoms with Gasteiger partial charge in [-0.2, -0.15) is 0 Å². The molecule has 0 saturated carbocycles. The fourth-order valence-electron chi connectivity index (χ4n) is 9.47. The maximum Gasteiger partial charge on any atom is 0.249 e. The fraction of sp³-hybridized carbons (Fsp3) is 0.914. The van der Waals surface area contributed by atoms with Crippen LogP contribution in [0.2, 0.25) is 0 Å². The van der Waals surface area contributed by atoms with Crippen molar-refractivity contribution in [1.29, 1.82) is 0 Å². The smallest absolute Gasteiger partial charge is 0.249 e. The molecule has 0 radical (unpaired) electrons. The molecule has 0 spiro atoms. The SMILES string of the molecule is CCC/C=C/CC/C=C/CCCC(O)C(O)C(COC1OC(CO)C(O)C(O)C1O)NC(=O)C(O)CCCCCCCCCCCCCCCCCCCCCCCCCCCCCCCCCC. The van der Waals surface area contributed by atoms with Gasteiger partial charge in [0.1, 0.15) is 36.6 Å². The van der Waals surface area contributed by atoms with Crippen molar-refractivity contribution in [2.45, 2.75) is 326 Å². The van der Waals surface area contributed by atoms with Crippen LogP contribution in [0.1, 0.15) is 271 Å². The number of ether oxygens (including phenoxy) is 2. The Hall–Kier alpha value is -1.41. The molecule has 0 aromatic heterocycles. The summed E-state index contributed by atoms with van der Waals surface area (Å²) in [6.45, 7) is 3.36. The second-order valence-electron chi connectivity index (χ2n) is 20.7. The number of rotatable bonds is 50. The Morgan fingerprint density at radius 3 is 1.29 bits per heavy atom. The van der Waals surface area contributed by atoms with Crippen LogP contribution >= 0.6 is 0 Å². The zero-order valence-electron chi connectivity index (χ0n) is 44.6. The number of nitrogens with one attached hydrogen (secondary N) is 1. The fourth-order valence-corrected chi connectivity index (χ4v) is 9.47. The number of hydrogen-bond acceptors (Lipinski definition) is 10. The molecule has 11 heteroatoms. The molecule has 1 fully saturated rings. The molecule has 0 aliphatic carbocycles. The molecule has 1 aliphatic heterocycles. The van der Waals surface area contributed by atoms with Gasteiger partial charge in [0.2, 0.25) is 5.91 Å². The lowest BCUT2D eigenvalue weighted by molar-refractivity contribution is -0.303. The van der Waals surface area contributed by atoms with Gasteiger partial charge in [0, 0.05) is 0 Å². The summed E-state index contributed by atoms with van der Waals surface area (Å²) >= 11 is 0. The van der Waals surface area contributed by atoms with Gasteiger partial charge in [0.25, 0.3) is 0 Å². The van der Waals surface area contributed by atoms with E-state index in [2.05, 4.69) is 43.5 Å². The molecular formula is C58H111NO10. The van der Waals surface area contributed by atoms with Gasteiger partial charge in [-0.15, -0.1) is 0 Å². The van der Waals surface area contributed by atoms with Crippen LogP contribution in [-0.2, 0) is 14.3 Å². The van der Waals surface area contributed by atoms with Crippen molar-refractivity contribution in [1.82, 2.24) is 5.32 Å². The lowest BCUT2D eigenvalue weighted by Crippen LogP contribution is -2.60. The Bertz CT molecular complexity index is 1170. The predicted molar refractivity (Wildman–Crippen MR) is 284 cm³/mol. The van der Waals surface area contributed by atoms with E-state index in [4.69, 9.17) is 9.47 Å². The van der Waals surface area contributed by atoms with Crippen LogP contribution < -0.4 is 5.32 Å². The van der Waals surface area contributed by atoms with Crippen molar-refractivity contribution < 1.29 is 50.0 Å². The minimum atomic E-state index is -1.67. The average molecular weight is 983 g/mol. The summed E-state index contributed by atoms with van der Waals surface area (Å²) < 4.78 is 11.1. The first-order chi connectivity index (χ1) is 33.7. The number of carbonyl (C=O) groups is 1. The van der Waals surface area contributed by atoms with Gasteiger partial charge >= 0.3 is 0 Å². The molecule has 9 unspecified atom stereocenters. The largest absolute Gasteiger partial charge is 0.394 e. The van der Waals surface area contributed by atoms with Crippen LogP contribution in [0.5, 0.6) is 0 Å². The van der Waals surface area contributed by atoms with Crippen LogP contribution in [0.25, 0.3) is 0 Å². The highest BCUT2D eigenvalue weighted by Gasteiger charge is 2.44. The Morgan fingerprint density at radius 2 is 0.884 bits per heavy atom. The summed E-state index contributed by atoms with van der Waals surface area (Å²) in [5.74, 6) is -0.708. The van der Waals surface area contributed by atoms with E-state index >= 15 is 0 Å². The molecule has 1 aliphatic rings. The zero-order valence-corrected chi connectivity index (χ0v) is 44.6. The van der Waals surface area contributed by atoms with Gasteiger partial charge in [0.15, 0.2) is 6.29 Å². The van der Waals surface area contributed by atoms with Crippen molar-refractivity contribution in [3.05, 3.63) is 24.3 Å². The average Bonchev–Trinajstić information content (AvgIpc) is 3.35. The second-order valence-corrected chi connectivity index (χ2v) is 20.7. The van der Waals surface area contributed by atoms with Gasteiger partial charge in [0.05, 0.1) is 25.4 Å². The summed E-state index contributed by atoms with van der Waals surface area (Å²) in [7, 11) is 0. The van der Waals surface area contributed by atoms with Crippen molar-refractivity contribution >= 4 is 5.91 Å². The highest BCUT2D eigenvalue weighted by atomic mass is 16.7. The summed E-state index contributed by atoms with van der Waals surface area (Å²) in [4.78, 5) is 13.1. The molecule has 9 atom stereocenters. The topological polar surface area (TPSA) is 189 Å². The van der Waals surface area contributed by atoms with Crippen LogP contribution in [0.4, 0.5) is 0 Å². The number of aliphatic hydroxyl groups excluding tert-OH is 7. The number of carbonyl (C=O) groups excluding carboxylic acids is 1. The minimum absolute atomic E-state index is 0.247. The highest BCUT2D eigenvalue weighted by molar-refractivity contribution is 5.80. The van der Waals surface area contributed by atoms with E-state index in [1.165, 1.54) is 180 Å². The highest BCUT2D eigenvalue weighted by Crippen LogP contribution is 2.23. The molecule has 0 aromatic carbocycles. The maximum absolute atomic E-state index is 13.1. The lowest BCUT2D eigenvalue weighted by Gasteiger charge is -2.40. The Morgan fingerprint density at radius 1 is 0.493 bits per heavy atom. The summed E-state index contributed by atoms with van der Waals surface area (Å²) in [6, 6.07) is -1.19. The molecule has 408 valence electrons. The first-order valence-electron chi connectivity index (χ1n) is 29.2. The number of aliphatic hydroxyl groups is 7. The van der Waals surface area contributed by atoms with E-state index in [0.717, 1.165) is 44.9 Å². The van der Waals surface area contributed by atoms with E-state index in [-0.39, 0.29) is 12.8 Å². The molecule has 1 rings (SSSR count). The van der Waals surface area contributed by atoms with Gasteiger partial charge in [-0.25, -0.2) is 0 Å². The number of hydrogen-bond donors (Lipinski definition) is 8. The van der Waals surface area contributed by atoms with E-state index in [9.17, 15) is 40.5 Å². The third-order valence-corrected chi connectivity index (χ3v) is 14.2. The van der Waals surface area contributed by atoms with Crippen LogP contribution in [0.15, 0.2) is 24.3 Å². The summed E-state index contributed by atoms with van der Waals surface area (Å²) in [5.41, 5.74) is 0.